The van der Waals surface area contributed by atoms with E-state index in [4.69, 9.17) is 0 Å². The second-order valence-corrected chi connectivity index (χ2v) is 4.31. The van der Waals surface area contributed by atoms with E-state index < -0.39 is 0 Å². The predicted octanol–water partition coefficient (Wildman–Crippen LogP) is 3.75. The van der Waals surface area contributed by atoms with Crippen molar-refractivity contribution in [1.29, 1.82) is 0 Å². The normalized spacial score (nSPS) is 10.5. The second kappa shape index (κ2) is 4.47. The van der Waals surface area contributed by atoms with Crippen LogP contribution in [0.3, 0.4) is 0 Å². The number of aryl methyl sites for hydroxylation is 1. The maximum atomic E-state index is 4.27. The highest BCUT2D eigenvalue weighted by molar-refractivity contribution is 8.02. The lowest BCUT2D eigenvalue weighted by atomic mass is 10.0. The summed E-state index contributed by atoms with van der Waals surface area (Å²) in [5.74, 6) is 0.546. The Morgan fingerprint density at radius 2 is 2.23 bits per heavy atom. The van der Waals surface area contributed by atoms with Gasteiger partial charge in [0.15, 0.2) is 0 Å². The molecule has 0 fully saturated rings. The Kier molecular flexibility index (Phi) is 3.55. The lowest BCUT2D eigenvalue weighted by molar-refractivity contribution is 0.831. The zero-order chi connectivity index (χ0) is 9.84. The summed E-state index contributed by atoms with van der Waals surface area (Å²) in [6.07, 6.45) is 1.93. The van der Waals surface area contributed by atoms with Gasteiger partial charge in [0.1, 0.15) is 0 Å². The van der Waals surface area contributed by atoms with Crippen LogP contribution in [0.1, 0.15) is 31.0 Å². The van der Waals surface area contributed by atoms with Gasteiger partial charge in [-0.15, -0.1) is 0 Å². The van der Waals surface area contributed by atoms with Crippen molar-refractivity contribution in [1.82, 2.24) is 4.98 Å². The standard InChI is InChI=1S/C11H15NS/c1-5-13-11-7-12-9(4)6-10(11)8(2)3/h5-8H,1H2,2-4H3. The molecule has 1 rings (SSSR count). The van der Waals surface area contributed by atoms with Crippen molar-refractivity contribution in [3.63, 3.8) is 0 Å². The van der Waals surface area contributed by atoms with E-state index in [2.05, 4.69) is 31.5 Å². The summed E-state index contributed by atoms with van der Waals surface area (Å²) < 4.78 is 0. The lowest BCUT2D eigenvalue weighted by Gasteiger charge is -2.10. The smallest absolute Gasteiger partial charge is 0.0413 e. The van der Waals surface area contributed by atoms with Crippen LogP contribution in [0, 0.1) is 6.92 Å². The summed E-state index contributed by atoms with van der Waals surface area (Å²) in [6.45, 7) is 10.1. The van der Waals surface area contributed by atoms with E-state index in [0.29, 0.717) is 5.92 Å². The molecule has 13 heavy (non-hydrogen) atoms. The van der Waals surface area contributed by atoms with Crippen LogP contribution in [-0.2, 0) is 0 Å². The third-order valence-corrected chi connectivity index (χ3v) is 2.63. The Morgan fingerprint density at radius 1 is 1.54 bits per heavy atom. The first-order chi connectivity index (χ1) is 6.15. The quantitative estimate of drug-likeness (QED) is 0.678. The molecule has 70 valence electrons. The average Bonchev–Trinajstić information content (AvgIpc) is 2.08. The van der Waals surface area contributed by atoms with E-state index in [-0.39, 0.29) is 0 Å². The highest BCUT2D eigenvalue weighted by atomic mass is 32.2. The number of nitrogens with zero attached hydrogens (tertiary/aromatic N) is 1. The van der Waals surface area contributed by atoms with Crippen LogP contribution in [0.5, 0.6) is 0 Å². The minimum atomic E-state index is 0.546. The van der Waals surface area contributed by atoms with Crippen molar-refractivity contribution >= 4 is 11.8 Å². The number of thioether (sulfide) groups is 1. The topological polar surface area (TPSA) is 12.9 Å². The molecule has 0 amide bonds. The van der Waals surface area contributed by atoms with E-state index in [9.17, 15) is 0 Å². The van der Waals surface area contributed by atoms with E-state index >= 15 is 0 Å². The first kappa shape index (κ1) is 10.3. The second-order valence-electron chi connectivity index (χ2n) is 3.30. The Labute approximate surface area is 84.3 Å². The molecule has 0 saturated heterocycles. The van der Waals surface area contributed by atoms with Gasteiger partial charge < -0.3 is 0 Å². The van der Waals surface area contributed by atoms with Gasteiger partial charge in [-0.05, 0) is 29.9 Å². The summed E-state index contributed by atoms with van der Waals surface area (Å²) in [5, 5.41) is 1.85. The van der Waals surface area contributed by atoms with Crippen molar-refractivity contribution in [2.45, 2.75) is 31.6 Å². The van der Waals surface area contributed by atoms with Crippen LogP contribution in [0.4, 0.5) is 0 Å². The molecule has 0 aliphatic rings. The number of rotatable bonds is 3. The third-order valence-electron chi connectivity index (χ3n) is 1.87. The Hall–Kier alpha value is -0.760. The molecule has 0 saturated carbocycles. The molecule has 0 N–H and O–H groups in total. The molecule has 1 aromatic heterocycles. The van der Waals surface area contributed by atoms with Gasteiger partial charge >= 0.3 is 0 Å². The number of hydrogen-bond acceptors (Lipinski definition) is 2. The molecule has 0 aromatic carbocycles. The molecular formula is C11H15NS. The summed E-state index contributed by atoms with van der Waals surface area (Å²) >= 11 is 1.64. The summed E-state index contributed by atoms with van der Waals surface area (Å²) in [7, 11) is 0. The van der Waals surface area contributed by atoms with Gasteiger partial charge in [-0.2, -0.15) is 0 Å². The molecule has 1 nitrogen and oxygen atoms in total. The van der Waals surface area contributed by atoms with Gasteiger partial charge in [0.25, 0.3) is 0 Å². The fourth-order valence-corrected chi connectivity index (χ4v) is 1.93. The highest BCUT2D eigenvalue weighted by Crippen LogP contribution is 2.28. The lowest BCUT2D eigenvalue weighted by Crippen LogP contribution is -1.93. The number of pyridine rings is 1. The largest absolute Gasteiger partial charge is 0.260 e. The SMILES string of the molecule is C=CSc1cnc(C)cc1C(C)C. The minimum absolute atomic E-state index is 0.546. The predicted molar refractivity (Wildman–Crippen MR) is 59.1 cm³/mol. The van der Waals surface area contributed by atoms with Crippen molar-refractivity contribution in [2.24, 2.45) is 0 Å². The fourth-order valence-electron chi connectivity index (χ4n) is 1.21. The van der Waals surface area contributed by atoms with E-state index in [1.54, 1.807) is 11.8 Å². The molecule has 0 atom stereocenters. The molecule has 1 heterocycles. The van der Waals surface area contributed by atoms with Gasteiger partial charge in [-0.1, -0.05) is 32.2 Å². The van der Waals surface area contributed by atoms with Crippen LogP contribution in [-0.4, -0.2) is 4.98 Å². The number of hydrogen-bond donors (Lipinski definition) is 0. The average molecular weight is 193 g/mol. The van der Waals surface area contributed by atoms with E-state index in [0.717, 1.165) is 5.69 Å². The first-order valence-electron chi connectivity index (χ1n) is 4.39. The van der Waals surface area contributed by atoms with Crippen molar-refractivity contribution < 1.29 is 0 Å². The van der Waals surface area contributed by atoms with Gasteiger partial charge in [-0.3, -0.25) is 4.98 Å². The van der Waals surface area contributed by atoms with Crippen LogP contribution in [0.2, 0.25) is 0 Å². The fraction of sp³-hybridized carbons (Fsp3) is 0.364. The molecule has 0 spiro atoms. The van der Waals surface area contributed by atoms with E-state index in [1.807, 2.05) is 18.5 Å². The van der Waals surface area contributed by atoms with Gasteiger partial charge in [-0.25, -0.2) is 0 Å². The van der Waals surface area contributed by atoms with Crippen molar-refractivity contribution in [3.8, 4) is 0 Å². The van der Waals surface area contributed by atoms with Gasteiger partial charge in [0.2, 0.25) is 0 Å². The zero-order valence-corrected chi connectivity index (χ0v) is 9.19. The number of aromatic nitrogens is 1. The molecule has 0 radical (unpaired) electrons. The Bertz CT molecular complexity index is 305. The molecule has 1 aromatic rings. The Balaban J connectivity index is 3.10. The van der Waals surface area contributed by atoms with Crippen LogP contribution in [0.25, 0.3) is 0 Å². The molecule has 0 aliphatic carbocycles. The van der Waals surface area contributed by atoms with E-state index in [1.165, 1.54) is 10.5 Å². The van der Waals surface area contributed by atoms with Crippen LogP contribution < -0.4 is 0 Å². The maximum Gasteiger partial charge on any atom is 0.0413 e. The van der Waals surface area contributed by atoms with Crippen LogP contribution >= 0.6 is 11.8 Å². The third kappa shape index (κ3) is 2.59. The minimum Gasteiger partial charge on any atom is -0.260 e. The van der Waals surface area contributed by atoms with Gasteiger partial charge in [0, 0.05) is 16.8 Å². The maximum absolute atomic E-state index is 4.27. The van der Waals surface area contributed by atoms with Crippen molar-refractivity contribution in [2.75, 3.05) is 0 Å². The zero-order valence-electron chi connectivity index (χ0n) is 8.37. The molecule has 0 bridgehead atoms. The monoisotopic (exact) mass is 193 g/mol. The van der Waals surface area contributed by atoms with Crippen LogP contribution in [0.15, 0.2) is 29.1 Å². The Morgan fingerprint density at radius 3 is 2.77 bits per heavy atom. The highest BCUT2D eigenvalue weighted by Gasteiger charge is 2.06. The molecule has 0 unspecified atom stereocenters. The summed E-state index contributed by atoms with van der Waals surface area (Å²) in [4.78, 5) is 5.49. The summed E-state index contributed by atoms with van der Waals surface area (Å²) in [6, 6.07) is 2.15. The summed E-state index contributed by atoms with van der Waals surface area (Å²) in [5.41, 5.74) is 2.44. The van der Waals surface area contributed by atoms with Crippen molar-refractivity contribution in [3.05, 3.63) is 35.5 Å². The first-order valence-corrected chi connectivity index (χ1v) is 5.27. The molecular weight excluding hydrogens is 178 g/mol. The molecule has 0 aliphatic heterocycles. The molecule has 2 heteroatoms. The van der Waals surface area contributed by atoms with Gasteiger partial charge in [0.05, 0.1) is 0 Å².